The standard InChI is InChI=1S/C10H5BrF3NO2/c11-6-1-5(2-9(16)17)7(4-15)8(3-6)10(12,13)14/h1,3H,2H2,(H,16,17). The van der Waals surface area contributed by atoms with Crippen LogP contribution in [-0.4, -0.2) is 11.1 Å². The van der Waals surface area contributed by atoms with Crippen LogP contribution in [0.1, 0.15) is 16.7 Å². The van der Waals surface area contributed by atoms with Crippen LogP contribution in [-0.2, 0) is 17.4 Å². The fourth-order valence-electron chi connectivity index (χ4n) is 1.32. The predicted molar refractivity (Wildman–Crippen MR) is 55.2 cm³/mol. The average molecular weight is 308 g/mol. The molecular weight excluding hydrogens is 303 g/mol. The molecule has 0 aliphatic rings. The predicted octanol–water partition coefficient (Wildman–Crippen LogP) is 2.97. The first kappa shape index (κ1) is 13.5. The maximum atomic E-state index is 12.6. The van der Waals surface area contributed by atoms with Crippen molar-refractivity contribution in [2.45, 2.75) is 12.6 Å². The first-order chi connectivity index (χ1) is 7.75. The Morgan fingerprint density at radius 1 is 1.47 bits per heavy atom. The molecule has 0 amide bonds. The number of halogens is 4. The van der Waals surface area contributed by atoms with Gasteiger partial charge < -0.3 is 5.11 Å². The molecule has 0 heterocycles. The Morgan fingerprint density at radius 3 is 2.47 bits per heavy atom. The topological polar surface area (TPSA) is 61.1 Å². The van der Waals surface area contributed by atoms with Gasteiger partial charge >= 0.3 is 12.1 Å². The highest BCUT2D eigenvalue weighted by atomic mass is 79.9. The van der Waals surface area contributed by atoms with Crippen LogP contribution in [0.5, 0.6) is 0 Å². The van der Waals surface area contributed by atoms with E-state index in [9.17, 15) is 18.0 Å². The fourth-order valence-corrected chi connectivity index (χ4v) is 1.83. The highest BCUT2D eigenvalue weighted by Gasteiger charge is 2.35. The molecule has 1 rings (SSSR count). The third-order valence-electron chi connectivity index (χ3n) is 1.94. The van der Waals surface area contributed by atoms with Gasteiger partial charge in [-0.25, -0.2) is 0 Å². The van der Waals surface area contributed by atoms with Crippen molar-refractivity contribution < 1.29 is 23.1 Å². The van der Waals surface area contributed by atoms with Crippen LogP contribution in [0.3, 0.4) is 0 Å². The van der Waals surface area contributed by atoms with E-state index < -0.39 is 29.7 Å². The molecule has 0 atom stereocenters. The number of alkyl halides is 3. The molecule has 0 fully saturated rings. The van der Waals surface area contributed by atoms with E-state index in [0.29, 0.717) is 0 Å². The lowest BCUT2D eigenvalue weighted by Gasteiger charge is -2.12. The number of nitrogens with zero attached hydrogens (tertiary/aromatic N) is 1. The molecule has 0 bridgehead atoms. The Kier molecular flexibility index (Phi) is 3.78. The van der Waals surface area contributed by atoms with Gasteiger partial charge in [-0.05, 0) is 17.7 Å². The van der Waals surface area contributed by atoms with E-state index in [-0.39, 0.29) is 10.0 Å². The summed E-state index contributed by atoms with van der Waals surface area (Å²) in [6, 6.07) is 3.35. The average Bonchev–Trinajstić information content (AvgIpc) is 2.14. The molecule has 0 aliphatic heterocycles. The van der Waals surface area contributed by atoms with Gasteiger partial charge in [0.15, 0.2) is 0 Å². The van der Waals surface area contributed by atoms with Crippen molar-refractivity contribution in [1.82, 2.24) is 0 Å². The first-order valence-electron chi connectivity index (χ1n) is 4.27. The number of hydrogen-bond donors (Lipinski definition) is 1. The lowest BCUT2D eigenvalue weighted by atomic mass is 9.99. The molecule has 1 aromatic carbocycles. The maximum Gasteiger partial charge on any atom is 0.417 e. The molecule has 3 nitrogen and oxygen atoms in total. The first-order valence-corrected chi connectivity index (χ1v) is 5.06. The van der Waals surface area contributed by atoms with Gasteiger partial charge in [-0.15, -0.1) is 0 Å². The largest absolute Gasteiger partial charge is 0.481 e. The Hall–Kier alpha value is -1.55. The van der Waals surface area contributed by atoms with Crippen molar-refractivity contribution in [2.75, 3.05) is 0 Å². The molecule has 90 valence electrons. The zero-order valence-corrected chi connectivity index (χ0v) is 9.76. The van der Waals surface area contributed by atoms with Crippen LogP contribution in [0.25, 0.3) is 0 Å². The van der Waals surface area contributed by atoms with E-state index >= 15 is 0 Å². The summed E-state index contributed by atoms with van der Waals surface area (Å²) in [5.74, 6) is -1.30. The summed E-state index contributed by atoms with van der Waals surface area (Å²) >= 11 is 2.86. The van der Waals surface area contributed by atoms with E-state index in [2.05, 4.69) is 15.9 Å². The van der Waals surface area contributed by atoms with Gasteiger partial charge in [-0.2, -0.15) is 18.4 Å². The number of aliphatic carboxylic acids is 1. The van der Waals surface area contributed by atoms with Crippen molar-refractivity contribution in [3.8, 4) is 6.07 Å². The molecule has 0 aromatic heterocycles. The number of benzene rings is 1. The summed E-state index contributed by atoms with van der Waals surface area (Å²) in [4.78, 5) is 10.5. The van der Waals surface area contributed by atoms with Crippen molar-refractivity contribution in [3.63, 3.8) is 0 Å². The molecule has 0 saturated heterocycles. The van der Waals surface area contributed by atoms with E-state index in [1.165, 1.54) is 12.1 Å². The summed E-state index contributed by atoms with van der Waals surface area (Å²) in [6.07, 6.45) is -5.33. The van der Waals surface area contributed by atoms with Crippen molar-refractivity contribution in [1.29, 1.82) is 5.26 Å². The summed E-state index contributed by atoms with van der Waals surface area (Å²) in [5, 5.41) is 17.3. The molecule has 7 heteroatoms. The summed E-state index contributed by atoms with van der Waals surface area (Å²) in [6.45, 7) is 0. The normalized spacial score (nSPS) is 11.0. The second kappa shape index (κ2) is 4.75. The van der Waals surface area contributed by atoms with Crippen molar-refractivity contribution in [2.24, 2.45) is 0 Å². The molecule has 0 saturated carbocycles. The van der Waals surface area contributed by atoms with E-state index in [4.69, 9.17) is 10.4 Å². The van der Waals surface area contributed by atoms with Gasteiger partial charge in [-0.1, -0.05) is 15.9 Å². The highest BCUT2D eigenvalue weighted by Crippen LogP contribution is 2.35. The summed E-state index contributed by atoms with van der Waals surface area (Å²) in [7, 11) is 0. The Labute approximate surface area is 103 Å². The molecule has 0 spiro atoms. The van der Waals surface area contributed by atoms with Crippen LogP contribution in [0.2, 0.25) is 0 Å². The van der Waals surface area contributed by atoms with Crippen LogP contribution >= 0.6 is 15.9 Å². The number of carboxylic acids is 1. The minimum absolute atomic E-state index is 0.0834. The van der Waals surface area contributed by atoms with Gasteiger partial charge in [0, 0.05) is 4.47 Å². The fraction of sp³-hybridized carbons (Fsp3) is 0.200. The third-order valence-corrected chi connectivity index (χ3v) is 2.40. The number of carboxylic acid groups (broad SMARTS) is 1. The zero-order valence-electron chi connectivity index (χ0n) is 8.18. The monoisotopic (exact) mass is 307 g/mol. The Morgan fingerprint density at radius 2 is 2.06 bits per heavy atom. The van der Waals surface area contributed by atoms with Gasteiger partial charge in [0.25, 0.3) is 0 Å². The van der Waals surface area contributed by atoms with Gasteiger partial charge in [0.2, 0.25) is 0 Å². The van der Waals surface area contributed by atoms with E-state index in [1.54, 1.807) is 0 Å². The quantitative estimate of drug-likeness (QED) is 0.913. The number of hydrogen-bond acceptors (Lipinski definition) is 2. The summed E-state index contributed by atoms with van der Waals surface area (Å²) in [5.41, 5.74) is -1.95. The Balaban J connectivity index is 3.47. The van der Waals surface area contributed by atoms with Crippen LogP contribution in [0.15, 0.2) is 16.6 Å². The minimum Gasteiger partial charge on any atom is -0.481 e. The molecule has 1 N–H and O–H groups in total. The SMILES string of the molecule is N#Cc1c(CC(=O)O)cc(Br)cc1C(F)(F)F. The molecule has 1 aromatic rings. The number of rotatable bonds is 2. The van der Waals surface area contributed by atoms with Crippen molar-refractivity contribution in [3.05, 3.63) is 33.3 Å². The maximum absolute atomic E-state index is 12.6. The smallest absolute Gasteiger partial charge is 0.417 e. The lowest BCUT2D eigenvalue weighted by molar-refractivity contribution is -0.139. The summed E-state index contributed by atoms with van der Waals surface area (Å²) < 4.78 is 37.9. The molecule has 0 unspecified atom stereocenters. The van der Waals surface area contributed by atoms with E-state index in [0.717, 1.165) is 6.07 Å². The van der Waals surface area contributed by atoms with Crippen LogP contribution < -0.4 is 0 Å². The number of nitriles is 1. The van der Waals surface area contributed by atoms with Gasteiger partial charge in [0.1, 0.15) is 6.07 Å². The second-order valence-electron chi connectivity index (χ2n) is 3.17. The van der Waals surface area contributed by atoms with Gasteiger partial charge in [0.05, 0.1) is 17.5 Å². The minimum atomic E-state index is -4.69. The number of carbonyl (C=O) groups is 1. The molecule has 0 aliphatic carbocycles. The third kappa shape index (κ3) is 3.20. The van der Waals surface area contributed by atoms with Crippen molar-refractivity contribution >= 4 is 21.9 Å². The molecular formula is C10H5BrF3NO2. The van der Waals surface area contributed by atoms with Gasteiger partial charge in [-0.3, -0.25) is 4.79 Å². The Bertz CT molecular complexity index is 505. The highest BCUT2D eigenvalue weighted by molar-refractivity contribution is 9.10. The zero-order chi connectivity index (χ0) is 13.2. The van der Waals surface area contributed by atoms with Crippen LogP contribution in [0, 0.1) is 11.3 Å². The second-order valence-corrected chi connectivity index (χ2v) is 4.08. The lowest BCUT2D eigenvalue weighted by Crippen LogP contribution is -2.12. The molecule has 0 radical (unpaired) electrons. The van der Waals surface area contributed by atoms with Crippen LogP contribution in [0.4, 0.5) is 13.2 Å². The molecule has 17 heavy (non-hydrogen) atoms. The van der Waals surface area contributed by atoms with E-state index in [1.807, 2.05) is 0 Å².